The third-order valence-electron chi connectivity index (χ3n) is 2.67. The van der Waals surface area contributed by atoms with Gasteiger partial charge in [0.25, 0.3) is 0 Å². The molecule has 0 aromatic heterocycles. The van der Waals surface area contributed by atoms with Crippen LogP contribution >= 0.6 is 23.4 Å². The van der Waals surface area contributed by atoms with Gasteiger partial charge in [-0.2, -0.15) is 0 Å². The summed E-state index contributed by atoms with van der Waals surface area (Å²) in [5.74, 6) is 0.00241. The van der Waals surface area contributed by atoms with E-state index in [1.165, 1.54) is 0 Å². The van der Waals surface area contributed by atoms with Crippen LogP contribution in [0.25, 0.3) is 6.08 Å². The maximum Gasteiger partial charge on any atom is 0.185 e. The lowest BCUT2D eigenvalue weighted by Gasteiger charge is -1.98. The highest BCUT2D eigenvalue weighted by molar-refractivity contribution is 7.98. The predicted molar refractivity (Wildman–Crippen MR) is 83.0 cm³/mol. The summed E-state index contributed by atoms with van der Waals surface area (Å²) in [4.78, 5) is 13.1. The fourth-order valence-corrected chi connectivity index (χ4v) is 2.13. The van der Waals surface area contributed by atoms with Crippen LogP contribution in [0.2, 0.25) is 5.02 Å². The topological polar surface area (TPSA) is 17.1 Å². The third-order valence-corrected chi connectivity index (χ3v) is 3.67. The van der Waals surface area contributed by atoms with E-state index < -0.39 is 0 Å². The van der Waals surface area contributed by atoms with Gasteiger partial charge in [-0.15, -0.1) is 11.8 Å². The standard InChI is InChI=1S/C16H13ClOS/c1-19-15-9-5-13(6-10-15)16(18)11-4-12-2-7-14(17)8-3-12/h2-11H,1H3/b11-4-. The second-order valence-electron chi connectivity index (χ2n) is 3.98. The molecule has 0 fully saturated rings. The number of halogens is 1. The predicted octanol–water partition coefficient (Wildman–Crippen LogP) is 4.96. The Morgan fingerprint density at radius 1 is 1.05 bits per heavy atom. The molecule has 1 nitrogen and oxygen atoms in total. The maximum atomic E-state index is 12.0. The van der Waals surface area contributed by atoms with Crippen molar-refractivity contribution in [1.29, 1.82) is 0 Å². The average molecular weight is 289 g/mol. The molecule has 19 heavy (non-hydrogen) atoms. The molecular weight excluding hydrogens is 276 g/mol. The molecule has 0 saturated carbocycles. The molecule has 0 unspecified atom stereocenters. The second kappa shape index (κ2) is 6.60. The molecule has 0 aliphatic heterocycles. The molecule has 0 radical (unpaired) electrons. The Kier molecular flexibility index (Phi) is 4.83. The van der Waals surface area contributed by atoms with E-state index >= 15 is 0 Å². The zero-order chi connectivity index (χ0) is 13.7. The molecule has 0 aliphatic carbocycles. The van der Waals surface area contributed by atoms with Crippen molar-refractivity contribution >= 4 is 35.2 Å². The molecule has 2 rings (SSSR count). The molecule has 96 valence electrons. The summed E-state index contributed by atoms with van der Waals surface area (Å²) in [5, 5.41) is 0.691. The van der Waals surface area contributed by atoms with Crippen molar-refractivity contribution in [1.82, 2.24) is 0 Å². The van der Waals surface area contributed by atoms with Crippen molar-refractivity contribution in [2.45, 2.75) is 4.90 Å². The Balaban J connectivity index is 2.09. The van der Waals surface area contributed by atoms with Crippen molar-refractivity contribution in [3.05, 3.63) is 70.8 Å². The smallest absolute Gasteiger partial charge is 0.185 e. The minimum Gasteiger partial charge on any atom is -0.289 e. The highest BCUT2D eigenvalue weighted by atomic mass is 35.5. The van der Waals surface area contributed by atoms with Crippen LogP contribution in [0.4, 0.5) is 0 Å². The van der Waals surface area contributed by atoms with Crippen LogP contribution in [0.5, 0.6) is 0 Å². The van der Waals surface area contributed by atoms with Gasteiger partial charge in [-0.1, -0.05) is 29.8 Å². The first-order valence-electron chi connectivity index (χ1n) is 5.81. The van der Waals surface area contributed by atoms with E-state index in [0.29, 0.717) is 10.6 Å². The van der Waals surface area contributed by atoms with Crippen molar-refractivity contribution in [3.8, 4) is 0 Å². The summed E-state index contributed by atoms with van der Waals surface area (Å²) in [7, 11) is 0. The van der Waals surface area contributed by atoms with Gasteiger partial charge in [0.15, 0.2) is 5.78 Å². The first kappa shape index (κ1) is 13.9. The van der Waals surface area contributed by atoms with E-state index in [4.69, 9.17) is 11.6 Å². The van der Waals surface area contributed by atoms with Crippen molar-refractivity contribution in [2.75, 3.05) is 6.26 Å². The van der Waals surface area contributed by atoms with Crippen LogP contribution in [0.1, 0.15) is 15.9 Å². The Morgan fingerprint density at radius 3 is 2.26 bits per heavy atom. The van der Waals surface area contributed by atoms with Gasteiger partial charge in [-0.3, -0.25) is 4.79 Å². The van der Waals surface area contributed by atoms with E-state index in [0.717, 1.165) is 10.5 Å². The van der Waals surface area contributed by atoms with Gasteiger partial charge in [0.05, 0.1) is 0 Å². The number of hydrogen-bond donors (Lipinski definition) is 0. The number of rotatable bonds is 4. The molecule has 0 atom stereocenters. The first-order valence-corrected chi connectivity index (χ1v) is 7.41. The SMILES string of the molecule is CSc1ccc(C(=O)/C=C\c2ccc(Cl)cc2)cc1. The lowest BCUT2D eigenvalue weighted by Crippen LogP contribution is -1.93. The number of carbonyl (C=O) groups is 1. The fourth-order valence-electron chi connectivity index (χ4n) is 1.60. The van der Waals surface area contributed by atoms with Gasteiger partial charge < -0.3 is 0 Å². The summed E-state index contributed by atoms with van der Waals surface area (Å²) >= 11 is 7.46. The Hall–Kier alpha value is -1.51. The van der Waals surface area contributed by atoms with Crippen LogP contribution < -0.4 is 0 Å². The van der Waals surface area contributed by atoms with Gasteiger partial charge in [-0.25, -0.2) is 0 Å². The largest absolute Gasteiger partial charge is 0.289 e. The summed E-state index contributed by atoms with van der Waals surface area (Å²) in [6, 6.07) is 15.0. The minimum atomic E-state index is 0.00241. The zero-order valence-corrected chi connectivity index (χ0v) is 12.0. The number of carbonyl (C=O) groups excluding carboxylic acids is 1. The Labute approximate surface area is 122 Å². The molecule has 0 saturated heterocycles. The number of benzene rings is 2. The molecular formula is C16H13ClOS. The second-order valence-corrected chi connectivity index (χ2v) is 5.29. The average Bonchev–Trinajstić information content (AvgIpc) is 2.46. The molecule has 0 spiro atoms. The Morgan fingerprint density at radius 2 is 1.68 bits per heavy atom. The lowest BCUT2D eigenvalue weighted by molar-refractivity contribution is 0.104. The van der Waals surface area contributed by atoms with Gasteiger partial charge in [-0.05, 0) is 54.3 Å². The number of thioether (sulfide) groups is 1. The number of ketones is 1. The van der Waals surface area contributed by atoms with Crippen molar-refractivity contribution in [2.24, 2.45) is 0 Å². The fraction of sp³-hybridized carbons (Fsp3) is 0.0625. The van der Waals surface area contributed by atoms with Crippen LogP contribution in [0.15, 0.2) is 59.5 Å². The normalized spacial score (nSPS) is 10.8. The van der Waals surface area contributed by atoms with E-state index in [9.17, 15) is 4.79 Å². The van der Waals surface area contributed by atoms with Crippen LogP contribution in [0.3, 0.4) is 0 Å². The molecule has 2 aromatic rings. The Bertz CT molecular complexity index is 585. The molecule has 2 aromatic carbocycles. The lowest BCUT2D eigenvalue weighted by atomic mass is 10.1. The van der Waals surface area contributed by atoms with Gasteiger partial charge in [0.1, 0.15) is 0 Å². The molecule has 3 heteroatoms. The molecule has 0 aliphatic rings. The maximum absolute atomic E-state index is 12.0. The van der Waals surface area contributed by atoms with Crippen LogP contribution in [0, 0.1) is 0 Å². The third kappa shape index (κ3) is 3.98. The molecule has 0 amide bonds. The van der Waals surface area contributed by atoms with E-state index in [1.807, 2.05) is 42.7 Å². The number of hydrogen-bond acceptors (Lipinski definition) is 2. The van der Waals surface area contributed by atoms with Gasteiger partial charge in [0.2, 0.25) is 0 Å². The van der Waals surface area contributed by atoms with Crippen molar-refractivity contribution < 1.29 is 4.79 Å². The van der Waals surface area contributed by atoms with Crippen LogP contribution in [-0.4, -0.2) is 12.0 Å². The minimum absolute atomic E-state index is 0.00241. The van der Waals surface area contributed by atoms with Crippen molar-refractivity contribution in [3.63, 3.8) is 0 Å². The van der Waals surface area contributed by atoms with E-state index in [-0.39, 0.29) is 5.78 Å². The molecule has 0 heterocycles. The summed E-state index contributed by atoms with van der Waals surface area (Å²) in [6.07, 6.45) is 5.38. The monoisotopic (exact) mass is 288 g/mol. The van der Waals surface area contributed by atoms with E-state index in [2.05, 4.69) is 0 Å². The highest BCUT2D eigenvalue weighted by Gasteiger charge is 2.01. The summed E-state index contributed by atoms with van der Waals surface area (Å²) in [6.45, 7) is 0. The van der Waals surface area contributed by atoms with Gasteiger partial charge in [0, 0.05) is 15.5 Å². The van der Waals surface area contributed by atoms with Crippen LogP contribution in [-0.2, 0) is 0 Å². The summed E-state index contributed by atoms with van der Waals surface area (Å²) in [5.41, 5.74) is 1.65. The molecule has 0 bridgehead atoms. The quantitative estimate of drug-likeness (QED) is 0.449. The molecule has 0 N–H and O–H groups in total. The highest BCUT2D eigenvalue weighted by Crippen LogP contribution is 2.16. The van der Waals surface area contributed by atoms with Gasteiger partial charge >= 0.3 is 0 Å². The number of allylic oxidation sites excluding steroid dienone is 1. The zero-order valence-electron chi connectivity index (χ0n) is 10.5. The summed E-state index contributed by atoms with van der Waals surface area (Å²) < 4.78 is 0. The first-order chi connectivity index (χ1) is 9.19. The van der Waals surface area contributed by atoms with E-state index in [1.54, 1.807) is 36.0 Å².